The standard InChI is InChI=1S/C13H19BFNO4/c1-8(2)12(13(17)20-3)16-7-9-4-5-11(15)10(6-9)14(18)19/h4-6,8,12,16,18-19H,7H2,1-3H3/t12-/m0/s1. The predicted molar refractivity (Wildman–Crippen MR) is 73.7 cm³/mol. The topological polar surface area (TPSA) is 78.8 Å². The first-order valence-corrected chi connectivity index (χ1v) is 6.32. The highest BCUT2D eigenvalue weighted by Gasteiger charge is 2.22. The van der Waals surface area contributed by atoms with Gasteiger partial charge in [-0.05, 0) is 17.5 Å². The van der Waals surface area contributed by atoms with Gasteiger partial charge in [0, 0.05) is 12.0 Å². The molecule has 5 nitrogen and oxygen atoms in total. The summed E-state index contributed by atoms with van der Waals surface area (Å²) >= 11 is 0. The van der Waals surface area contributed by atoms with Crippen LogP contribution >= 0.6 is 0 Å². The number of hydrogen-bond acceptors (Lipinski definition) is 5. The average molecular weight is 283 g/mol. The highest BCUT2D eigenvalue weighted by atomic mass is 19.1. The maximum Gasteiger partial charge on any atom is 0.491 e. The lowest BCUT2D eigenvalue weighted by molar-refractivity contribution is -0.144. The molecule has 0 radical (unpaired) electrons. The van der Waals surface area contributed by atoms with Gasteiger partial charge in [0.25, 0.3) is 0 Å². The van der Waals surface area contributed by atoms with E-state index in [1.165, 1.54) is 19.2 Å². The zero-order chi connectivity index (χ0) is 15.3. The van der Waals surface area contributed by atoms with Crippen LogP contribution in [-0.2, 0) is 16.1 Å². The van der Waals surface area contributed by atoms with Crippen molar-refractivity contribution in [1.82, 2.24) is 5.32 Å². The first-order valence-electron chi connectivity index (χ1n) is 6.32. The summed E-state index contributed by atoms with van der Waals surface area (Å²) in [6.07, 6.45) is 0. The Morgan fingerprint density at radius 2 is 2.10 bits per heavy atom. The van der Waals surface area contributed by atoms with E-state index in [4.69, 9.17) is 14.8 Å². The number of esters is 1. The van der Waals surface area contributed by atoms with Crippen molar-refractivity contribution in [3.8, 4) is 0 Å². The second kappa shape index (κ2) is 7.37. The van der Waals surface area contributed by atoms with E-state index < -0.39 is 19.0 Å². The van der Waals surface area contributed by atoms with Crippen LogP contribution in [0.4, 0.5) is 4.39 Å². The molecule has 0 aliphatic carbocycles. The van der Waals surface area contributed by atoms with E-state index in [9.17, 15) is 9.18 Å². The quantitative estimate of drug-likeness (QED) is 0.497. The molecular weight excluding hydrogens is 264 g/mol. The van der Waals surface area contributed by atoms with Gasteiger partial charge in [0.2, 0.25) is 0 Å². The Morgan fingerprint density at radius 1 is 1.45 bits per heavy atom. The molecule has 1 rings (SSSR count). The number of ether oxygens (including phenoxy) is 1. The SMILES string of the molecule is COC(=O)[C@@H](NCc1ccc(F)c(B(O)O)c1)C(C)C. The predicted octanol–water partition coefficient (Wildman–Crippen LogP) is -0.207. The number of methoxy groups -OCH3 is 1. The number of hydrogen-bond donors (Lipinski definition) is 3. The summed E-state index contributed by atoms with van der Waals surface area (Å²) in [5.41, 5.74) is 0.451. The van der Waals surface area contributed by atoms with E-state index in [1.54, 1.807) is 0 Å². The summed E-state index contributed by atoms with van der Waals surface area (Å²) in [4.78, 5) is 11.6. The van der Waals surface area contributed by atoms with Gasteiger partial charge in [-0.1, -0.05) is 26.0 Å². The van der Waals surface area contributed by atoms with Gasteiger partial charge in [0.15, 0.2) is 0 Å². The fourth-order valence-corrected chi connectivity index (χ4v) is 1.85. The third-order valence-electron chi connectivity index (χ3n) is 2.99. The van der Waals surface area contributed by atoms with Gasteiger partial charge < -0.3 is 20.1 Å². The van der Waals surface area contributed by atoms with Crippen LogP contribution in [0, 0.1) is 11.7 Å². The molecule has 0 aliphatic heterocycles. The van der Waals surface area contributed by atoms with Gasteiger partial charge in [0.1, 0.15) is 11.9 Å². The maximum atomic E-state index is 13.3. The van der Waals surface area contributed by atoms with Gasteiger partial charge in [-0.3, -0.25) is 4.79 Å². The minimum atomic E-state index is -1.86. The molecule has 0 heterocycles. The van der Waals surface area contributed by atoms with Gasteiger partial charge in [0.05, 0.1) is 7.11 Å². The van der Waals surface area contributed by atoms with Crippen LogP contribution in [0.1, 0.15) is 19.4 Å². The van der Waals surface area contributed by atoms with Crippen LogP contribution in [0.25, 0.3) is 0 Å². The Labute approximate surface area is 117 Å². The molecule has 3 N–H and O–H groups in total. The minimum Gasteiger partial charge on any atom is -0.468 e. The van der Waals surface area contributed by atoms with Crippen LogP contribution in [0.5, 0.6) is 0 Å². The second-order valence-corrected chi connectivity index (χ2v) is 4.86. The molecule has 0 bridgehead atoms. The second-order valence-electron chi connectivity index (χ2n) is 4.86. The Morgan fingerprint density at radius 3 is 2.60 bits per heavy atom. The van der Waals surface area contributed by atoms with Crippen molar-refractivity contribution >= 4 is 18.6 Å². The van der Waals surface area contributed by atoms with Gasteiger partial charge in [-0.25, -0.2) is 4.39 Å². The number of rotatable bonds is 6. The Bertz CT molecular complexity index is 468. The van der Waals surface area contributed by atoms with Gasteiger partial charge in [-0.15, -0.1) is 0 Å². The largest absolute Gasteiger partial charge is 0.491 e. The first-order chi connectivity index (χ1) is 9.36. The normalized spacial score (nSPS) is 12.3. The summed E-state index contributed by atoms with van der Waals surface area (Å²) in [6.45, 7) is 4.04. The molecular formula is C13H19BFNO4. The van der Waals surface area contributed by atoms with Gasteiger partial charge in [-0.2, -0.15) is 0 Å². The van der Waals surface area contributed by atoms with Gasteiger partial charge >= 0.3 is 13.1 Å². The van der Waals surface area contributed by atoms with E-state index in [2.05, 4.69) is 5.32 Å². The Balaban J connectivity index is 2.78. The van der Waals surface area contributed by atoms with E-state index in [0.29, 0.717) is 5.56 Å². The molecule has 0 unspecified atom stereocenters. The van der Waals surface area contributed by atoms with E-state index >= 15 is 0 Å². The lowest BCUT2D eigenvalue weighted by atomic mass is 9.79. The third kappa shape index (κ3) is 4.30. The smallest absolute Gasteiger partial charge is 0.468 e. The van der Waals surface area contributed by atoms with Crippen molar-refractivity contribution in [2.75, 3.05) is 7.11 Å². The molecule has 1 aromatic carbocycles. The van der Waals surface area contributed by atoms with Crippen LogP contribution < -0.4 is 10.8 Å². The zero-order valence-corrected chi connectivity index (χ0v) is 11.8. The molecule has 0 saturated heterocycles. The van der Waals surface area contributed by atoms with Crippen molar-refractivity contribution in [3.05, 3.63) is 29.6 Å². The molecule has 0 fully saturated rings. The average Bonchev–Trinajstić information content (AvgIpc) is 2.39. The summed E-state index contributed by atoms with van der Waals surface area (Å²) in [7, 11) is -0.547. The van der Waals surface area contributed by atoms with Crippen molar-refractivity contribution in [1.29, 1.82) is 0 Å². The number of benzene rings is 1. The first kappa shape index (κ1) is 16.6. The molecule has 20 heavy (non-hydrogen) atoms. The summed E-state index contributed by atoms with van der Waals surface area (Å²) in [5.74, 6) is -1.02. The molecule has 1 aromatic rings. The van der Waals surface area contributed by atoms with Crippen LogP contribution in [-0.4, -0.2) is 36.3 Å². The van der Waals surface area contributed by atoms with Crippen molar-refractivity contribution in [2.45, 2.75) is 26.4 Å². The summed E-state index contributed by atoms with van der Waals surface area (Å²) in [5, 5.41) is 21.1. The fraction of sp³-hybridized carbons (Fsp3) is 0.462. The van der Waals surface area contributed by atoms with E-state index in [0.717, 1.165) is 6.07 Å². The molecule has 0 saturated carbocycles. The Kier molecular flexibility index (Phi) is 6.13. The Hall–Kier alpha value is -1.44. The van der Waals surface area contributed by atoms with Crippen LogP contribution in [0.2, 0.25) is 0 Å². The lowest BCUT2D eigenvalue weighted by Gasteiger charge is -2.20. The molecule has 0 aliphatic rings. The summed E-state index contributed by atoms with van der Waals surface area (Å²) < 4.78 is 18.0. The number of carbonyl (C=O) groups excluding carboxylic acids is 1. The fourth-order valence-electron chi connectivity index (χ4n) is 1.85. The molecule has 7 heteroatoms. The highest BCUT2D eigenvalue weighted by molar-refractivity contribution is 6.58. The number of halogens is 1. The zero-order valence-electron chi connectivity index (χ0n) is 11.8. The molecule has 110 valence electrons. The van der Waals surface area contributed by atoms with E-state index in [-0.39, 0.29) is 23.9 Å². The van der Waals surface area contributed by atoms with Crippen molar-refractivity contribution in [3.63, 3.8) is 0 Å². The number of carbonyl (C=O) groups is 1. The monoisotopic (exact) mass is 283 g/mol. The molecule has 0 spiro atoms. The van der Waals surface area contributed by atoms with Crippen LogP contribution in [0.3, 0.4) is 0 Å². The molecule has 1 atom stereocenters. The lowest BCUT2D eigenvalue weighted by Crippen LogP contribution is -2.41. The van der Waals surface area contributed by atoms with Crippen molar-refractivity contribution in [2.24, 2.45) is 5.92 Å². The third-order valence-corrected chi connectivity index (χ3v) is 2.99. The maximum absolute atomic E-state index is 13.3. The molecule has 0 amide bonds. The minimum absolute atomic E-state index is 0.0331. The number of nitrogens with one attached hydrogen (secondary N) is 1. The molecule has 0 aromatic heterocycles. The van der Waals surface area contributed by atoms with Crippen molar-refractivity contribution < 1.29 is 24.0 Å². The van der Waals surface area contributed by atoms with E-state index in [1.807, 2.05) is 13.8 Å². The van der Waals surface area contributed by atoms with Crippen LogP contribution in [0.15, 0.2) is 18.2 Å². The summed E-state index contributed by atoms with van der Waals surface area (Å²) in [6, 6.07) is 3.55. The highest BCUT2D eigenvalue weighted by Crippen LogP contribution is 2.07.